The Morgan fingerprint density at radius 1 is 1.58 bits per heavy atom. The molecule has 3 N–H and O–H groups in total. The molecule has 1 aromatic heterocycles. The van der Waals surface area contributed by atoms with Gasteiger partial charge in [0.15, 0.2) is 0 Å². The fraction of sp³-hybridized carbons (Fsp3) is 0.692. The summed E-state index contributed by atoms with van der Waals surface area (Å²) < 4.78 is 1.80. The van der Waals surface area contributed by atoms with Gasteiger partial charge in [-0.25, -0.2) is 4.68 Å². The fourth-order valence-corrected chi connectivity index (χ4v) is 2.43. The van der Waals surface area contributed by atoms with Gasteiger partial charge in [-0.05, 0) is 19.8 Å². The standard InChI is InChI=1S/C13H23N5O/c1-9(2)18-12(4-5-15-18)16-13(19)8-17-6-10(3)11(14)7-17/h4-5,9-11H,6-8,14H2,1-3H3,(H,16,19). The van der Waals surface area contributed by atoms with Gasteiger partial charge in [-0.2, -0.15) is 5.10 Å². The first-order chi connectivity index (χ1) is 8.97. The van der Waals surface area contributed by atoms with Gasteiger partial charge in [0.05, 0.1) is 12.7 Å². The molecule has 1 amide bonds. The van der Waals surface area contributed by atoms with E-state index in [1.807, 2.05) is 19.9 Å². The van der Waals surface area contributed by atoms with Gasteiger partial charge in [0.2, 0.25) is 5.91 Å². The Bertz CT molecular complexity index is 432. The SMILES string of the molecule is CC1CN(CC(=O)Nc2ccnn2C(C)C)CC1N. The molecular formula is C13H23N5O. The van der Waals surface area contributed by atoms with Gasteiger partial charge in [-0.3, -0.25) is 9.69 Å². The van der Waals surface area contributed by atoms with Gasteiger partial charge in [0, 0.05) is 31.2 Å². The number of carbonyl (C=O) groups is 1. The molecule has 0 saturated carbocycles. The molecule has 6 heteroatoms. The van der Waals surface area contributed by atoms with Crippen molar-refractivity contribution in [3.05, 3.63) is 12.3 Å². The maximum Gasteiger partial charge on any atom is 0.239 e. The molecule has 0 aromatic carbocycles. The smallest absolute Gasteiger partial charge is 0.239 e. The molecule has 6 nitrogen and oxygen atoms in total. The van der Waals surface area contributed by atoms with Crippen LogP contribution in [0.15, 0.2) is 12.3 Å². The molecule has 0 spiro atoms. The third-order valence-electron chi connectivity index (χ3n) is 3.54. The lowest BCUT2D eigenvalue weighted by Crippen LogP contribution is -2.34. The number of anilines is 1. The zero-order chi connectivity index (χ0) is 14.0. The number of hydrogen-bond acceptors (Lipinski definition) is 4. The summed E-state index contributed by atoms with van der Waals surface area (Å²) in [5.74, 6) is 1.19. The molecule has 1 saturated heterocycles. The van der Waals surface area contributed by atoms with Crippen LogP contribution in [0.5, 0.6) is 0 Å². The first-order valence-electron chi connectivity index (χ1n) is 6.78. The first-order valence-corrected chi connectivity index (χ1v) is 6.78. The van der Waals surface area contributed by atoms with Gasteiger partial charge < -0.3 is 11.1 Å². The van der Waals surface area contributed by atoms with E-state index in [1.54, 1.807) is 10.9 Å². The number of likely N-dealkylation sites (tertiary alicyclic amines) is 1. The van der Waals surface area contributed by atoms with E-state index in [1.165, 1.54) is 0 Å². The highest BCUT2D eigenvalue weighted by atomic mass is 16.2. The number of hydrogen-bond donors (Lipinski definition) is 2. The maximum absolute atomic E-state index is 12.0. The lowest BCUT2D eigenvalue weighted by atomic mass is 10.1. The summed E-state index contributed by atoms with van der Waals surface area (Å²) >= 11 is 0. The summed E-state index contributed by atoms with van der Waals surface area (Å²) in [4.78, 5) is 14.1. The molecule has 19 heavy (non-hydrogen) atoms. The van der Waals surface area contributed by atoms with Crippen LogP contribution >= 0.6 is 0 Å². The minimum atomic E-state index is -0.0105. The van der Waals surface area contributed by atoms with Gasteiger partial charge in [-0.1, -0.05) is 6.92 Å². The summed E-state index contributed by atoms with van der Waals surface area (Å²) in [7, 11) is 0. The topological polar surface area (TPSA) is 76.2 Å². The van der Waals surface area contributed by atoms with E-state index < -0.39 is 0 Å². The number of amides is 1. The van der Waals surface area contributed by atoms with Crippen molar-refractivity contribution in [2.24, 2.45) is 11.7 Å². The molecule has 2 heterocycles. The number of aromatic nitrogens is 2. The van der Waals surface area contributed by atoms with Crippen molar-refractivity contribution in [1.82, 2.24) is 14.7 Å². The zero-order valence-electron chi connectivity index (χ0n) is 11.8. The Kier molecular flexibility index (Phi) is 4.21. The number of carbonyl (C=O) groups excluding carboxylic acids is 1. The molecule has 2 rings (SSSR count). The third-order valence-corrected chi connectivity index (χ3v) is 3.54. The Hall–Kier alpha value is -1.40. The average Bonchev–Trinajstić information content (AvgIpc) is 2.87. The van der Waals surface area contributed by atoms with Gasteiger partial charge in [-0.15, -0.1) is 0 Å². The van der Waals surface area contributed by atoms with E-state index in [9.17, 15) is 4.79 Å². The minimum absolute atomic E-state index is 0.0105. The van der Waals surface area contributed by atoms with Crippen molar-refractivity contribution >= 4 is 11.7 Å². The van der Waals surface area contributed by atoms with Crippen molar-refractivity contribution in [3.63, 3.8) is 0 Å². The van der Waals surface area contributed by atoms with Gasteiger partial charge >= 0.3 is 0 Å². The quantitative estimate of drug-likeness (QED) is 0.839. The van der Waals surface area contributed by atoms with Crippen molar-refractivity contribution < 1.29 is 4.79 Å². The van der Waals surface area contributed by atoms with E-state index in [0.29, 0.717) is 12.5 Å². The van der Waals surface area contributed by atoms with Crippen LogP contribution in [0.2, 0.25) is 0 Å². The van der Waals surface area contributed by atoms with Crippen molar-refractivity contribution in [3.8, 4) is 0 Å². The monoisotopic (exact) mass is 265 g/mol. The van der Waals surface area contributed by atoms with Crippen LogP contribution in [0.25, 0.3) is 0 Å². The second kappa shape index (κ2) is 5.71. The lowest BCUT2D eigenvalue weighted by molar-refractivity contribution is -0.117. The van der Waals surface area contributed by atoms with Crippen LogP contribution < -0.4 is 11.1 Å². The Morgan fingerprint density at radius 3 is 2.89 bits per heavy atom. The van der Waals surface area contributed by atoms with Crippen LogP contribution in [-0.2, 0) is 4.79 Å². The van der Waals surface area contributed by atoms with Crippen molar-refractivity contribution in [2.75, 3.05) is 25.0 Å². The largest absolute Gasteiger partial charge is 0.326 e. The van der Waals surface area contributed by atoms with E-state index in [4.69, 9.17) is 5.73 Å². The summed E-state index contributed by atoms with van der Waals surface area (Å²) in [5, 5.41) is 7.10. The highest BCUT2D eigenvalue weighted by Gasteiger charge is 2.27. The van der Waals surface area contributed by atoms with Crippen molar-refractivity contribution in [2.45, 2.75) is 32.9 Å². The minimum Gasteiger partial charge on any atom is -0.326 e. The summed E-state index contributed by atoms with van der Waals surface area (Å²) in [6, 6.07) is 2.22. The van der Waals surface area contributed by atoms with E-state index >= 15 is 0 Å². The molecule has 1 fully saturated rings. The summed E-state index contributed by atoms with van der Waals surface area (Å²) in [6.07, 6.45) is 1.70. The van der Waals surface area contributed by atoms with E-state index in [2.05, 4.69) is 22.2 Å². The normalized spacial score (nSPS) is 24.1. The summed E-state index contributed by atoms with van der Waals surface area (Å²) in [5.41, 5.74) is 5.96. The Balaban J connectivity index is 1.89. The lowest BCUT2D eigenvalue weighted by Gasteiger charge is -2.16. The predicted molar refractivity (Wildman–Crippen MR) is 74.8 cm³/mol. The highest BCUT2D eigenvalue weighted by molar-refractivity contribution is 5.91. The second-order valence-electron chi connectivity index (χ2n) is 5.64. The van der Waals surface area contributed by atoms with Crippen LogP contribution in [0.4, 0.5) is 5.82 Å². The summed E-state index contributed by atoms with van der Waals surface area (Å²) in [6.45, 7) is 8.25. The maximum atomic E-state index is 12.0. The Morgan fingerprint density at radius 2 is 2.32 bits per heavy atom. The van der Waals surface area contributed by atoms with Crippen LogP contribution in [0, 0.1) is 5.92 Å². The Labute approximate surface area is 113 Å². The molecule has 0 radical (unpaired) electrons. The fourth-order valence-electron chi connectivity index (χ4n) is 2.43. The highest BCUT2D eigenvalue weighted by Crippen LogP contribution is 2.15. The second-order valence-corrected chi connectivity index (χ2v) is 5.64. The molecule has 1 aliphatic heterocycles. The first kappa shape index (κ1) is 14.0. The zero-order valence-corrected chi connectivity index (χ0v) is 11.8. The third kappa shape index (κ3) is 3.33. The number of nitrogens with one attached hydrogen (secondary N) is 1. The molecule has 1 aromatic rings. The van der Waals surface area contributed by atoms with Crippen LogP contribution in [0.3, 0.4) is 0 Å². The van der Waals surface area contributed by atoms with E-state index in [0.717, 1.165) is 18.9 Å². The van der Waals surface area contributed by atoms with Gasteiger partial charge in [0.1, 0.15) is 5.82 Å². The molecule has 2 atom stereocenters. The number of nitrogens with zero attached hydrogens (tertiary/aromatic N) is 3. The van der Waals surface area contributed by atoms with E-state index in [-0.39, 0.29) is 18.0 Å². The molecular weight excluding hydrogens is 242 g/mol. The van der Waals surface area contributed by atoms with Crippen LogP contribution in [0.1, 0.15) is 26.8 Å². The number of nitrogens with two attached hydrogens (primary N) is 1. The molecule has 0 bridgehead atoms. The molecule has 2 unspecified atom stereocenters. The van der Waals surface area contributed by atoms with Crippen molar-refractivity contribution in [1.29, 1.82) is 0 Å². The molecule has 106 valence electrons. The predicted octanol–water partition coefficient (Wildman–Crippen LogP) is 0.682. The molecule has 0 aliphatic carbocycles. The average molecular weight is 265 g/mol. The number of rotatable bonds is 4. The molecule has 1 aliphatic rings. The van der Waals surface area contributed by atoms with Gasteiger partial charge in [0.25, 0.3) is 0 Å². The van der Waals surface area contributed by atoms with Crippen LogP contribution in [-0.4, -0.2) is 46.3 Å².